The second-order valence-electron chi connectivity index (χ2n) is 3.87. The van der Waals surface area contributed by atoms with Gasteiger partial charge in [0.2, 0.25) is 0 Å². The molecular weight excluding hydrogens is 192 g/mol. The van der Waals surface area contributed by atoms with Crippen molar-refractivity contribution in [2.45, 2.75) is 71.0 Å². The second kappa shape index (κ2) is 9.57. The predicted molar refractivity (Wildman–Crippen MR) is 65.7 cm³/mol. The minimum Gasteiger partial charge on any atom is -0.288 e. The van der Waals surface area contributed by atoms with Crippen molar-refractivity contribution in [2.24, 2.45) is 0 Å². The van der Waals surface area contributed by atoms with E-state index in [2.05, 4.69) is 13.8 Å². The van der Waals surface area contributed by atoms with E-state index in [-0.39, 0.29) is 5.12 Å². The summed E-state index contributed by atoms with van der Waals surface area (Å²) in [6.07, 6.45) is 8.79. The predicted octanol–water partition coefficient (Wildman–Crippen LogP) is 4.41. The zero-order chi connectivity index (χ0) is 10.8. The Balaban J connectivity index is 3.66. The molecule has 0 heterocycles. The number of hydrogen-bond acceptors (Lipinski definition) is 2. The molecule has 0 aromatic carbocycles. The molecule has 0 radical (unpaired) electrons. The van der Waals surface area contributed by atoms with Gasteiger partial charge in [-0.15, -0.1) is 0 Å². The third-order valence-electron chi connectivity index (χ3n) is 2.34. The van der Waals surface area contributed by atoms with Gasteiger partial charge in [-0.1, -0.05) is 57.7 Å². The van der Waals surface area contributed by atoms with E-state index in [1.807, 2.05) is 0 Å². The summed E-state index contributed by atoms with van der Waals surface area (Å²) in [7, 11) is 0. The molecule has 1 atom stereocenters. The van der Waals surface area contributed by atoms with Crippen LogP contribution in [0.3, 0.4) is 0 Å². The van der Waals surface area contributed by atoms with Crippen LogP contribution in [0.25, 0.3) is 0 Å². The molecule has 0 amide bonds. The molecule has 1 nitrogen and oxygen atoms in total. The lowest BCUT2D eigenvalue weighted by molar-refractivity contribution is -0.109. The maximum absolute atomic E-state index is 11.0. The molecular formula is C12H24OS. The molecule has 0 fully saturated rings. The van der Waals surface area contributed by atoms with Crippen LogP contribution in [0, 0.1) is 0 Å². The molecule has 0 aromatic rings. The topological polar surface area (TPSA) is 17.1 Å². The van der Waals surface area contributed by atoms with E-state index in [0.717, 1.165) is 0 Å². The van der Waals surface area contributed by atoms with Crippen LogP contribution in [0.15, 0.2) is 0 Å². The summed E-state index contributed by atoms with van der Waals surface area (Å²) in [5.41, 5.74) is 0. The number of rotatable bonds is 8. The fourth-order valence-corrected chi connectivity index (χ4v) is 2.59. The highest BCUT2D eigenvalue weighted by atomic mass is 32.2. The third-order valence-corrected chi connectivity index (χ3v) is 3.48. The Labute approximate surface area is 93.0 Å². The smallest absolute Gasteiger partial charge is 0.186 e. The molecule has 0 bridgehead atoms. The van der Waals surface area contributed by atoms with Crippen LogP contribution in [-0.2, 0) is 4.79 Å². The van der Waals surface area contributed by atoms with Gasteiger partial charge < -0.3 is 0 Å². The van der Waals surface area contributed by atoms with Crippen molar-refractivity contribution in [1.29, 1.82) is 0 Å². The van der Waals surface area contributed by atoms with Crippen LogP contribution < -0.4 is 0 Å². The standard InChI is InChI=1S/C12H24OS/c1-4-6-8-10-12(9-7-5-2)14-11(3)13/h12H,4-10H2,1-3H3. The second-order valence-corrected chi connectivity index (χ2v) is 5.35. The molecule has 0 aliphatic rings. The van der Waals surface area contributed by atoms with Crippen LogP contribution in [0.2, 0.25) is 0 Å². The van der Waals surface area contributed by atoms with Crippen molar-refractivity contribution < 1.29 is 4.79 Å². The van der Waals surface area contributed by atoms with Crippen LogP contribution in [-0.4, -0.2) is 10.4 Å². The Kier molecular flexibility index (Phi) is 9.58. The lowest BCUT2D eigenvalue weighted by atomic mass is 10.1. The molecule has 0 N–H and O–H groups in total. The number of unbranched alkanes of at least 4 members (excludes halogenated alkanes) is 3. The molecule has 0 aliphatic carbocycles. The van der Waals surface area contributed by atoms with E-state index in [1.165, 1.54) is 44.9 Å². The van der Waals surface area contributed by atoms with Crippen LogP contribution >= 0.6 is 11.8 Å². The molecule has 1 unspecified atom stereocenters. The first-order valence-electron chi connectivity index (χ1n) is 5.87. The molecule has 84 valence electrons. The first-order chi connectivity index (χ1) is 6.70. The summed E-state index contributed by atoms with van der Waals surface area (Å²) in [6.45, 7) is 6.12. The van der Waals surface area contributed by atoms with Crippen LogP contribution in [0.4, 0.5) is 0 Å². The molecule has 0 rings (SSSR count). The number of carbonyl (C=O) groups is 1. The Morgan fingerprint density at radius 1 is 1.07 bits per heavy atom. The minimum atomic E-state index is 0.280. The van der Waals surface area contributed by atoms with Gasteiger partial charge in [0, 0.05) is 12.2 Å². The number of thioether (sulfide) groups is 1. The normalized spacial score (nSPS) is 12.8. The highest BCUT2D eigenvalue weighted by Crippen LogP contribution is 2.23. The Bertz CT molecular complexity index is 145. The van der Waals surface area contributed by atoms with Gasteiger partial charge in [-0.3, -0.25) is 4.79 Å². The van der Waals surface area contributed by atoms with Crippen molar-refractivity contribution in [3.8, 4) is 0 Å². The lowest BCUT2D eigenvalue weighted by Gasteiger charge is -2.13. The largest absolute Gasteiger partial charge is 0.288 e. The maximum Gasteiger partial charge on any atom is 0.186 e. The van der Waals surface area contributed by atoms with Gasteiger partial charge in [0.15, 0.2) is 5.12 Å². The van der Waals surface area contributed by atoms with E-state index >= 15 is 0 Å². The Morgan fingerprint density at radius 2 is 1.64 bits per heavy atom. The van der Waals surface area contributed by atoms with E-state index in [9.17, 15) is 4.79 Å². The average molecular weight is 216 g/mol. The molecule has 0 aliphatic heterocycles. The van der Waals surface area contributed by atoms with Gasteiger partial charge >= 0.3 is 0 Å². The maximum atomic E-state index is 11.0. The van der Waals surface area contributed by atoms with Gasteiger partial charge in [-0.2, -0.15) is 0 Å². The molecule has 0 saturated carbocycles. The summed E-state index contributed by atoms with van der Waals surface area (Å²) < 4.78 is 0. The van der Waals surface area contributed by atoms with Gasteiger partial charge in [0.05, 0.1) is 0 Å². The van der Waals surface area contributed by atoms with Crippen molar-refractivity contribution >= 4 is 16.9 Å². The van der Waals surface area contributed by atoms with E-state index in [0.29, 0.717) is 5.25 Å². The first kappa shape index (κ1) is 14.0. The van der Waals surface area contributed by atoms with E-state index in [4.69, 9.17) is 0 Å². The van der Waals surface area contributed by atoms with E-state index in [1.54, 1.807) is 18.7 Å². The molecule has 0 spiro atoms. The summed E-state index contributed by atoms with van der Waals surface area (Å²) in [5, 5.41) is 0.863. The first-order valence-corrected chi connectivity index (χ1v) is 6.75. The van der Waals surface area contributed by atoms with Crippen molar-refractivity contribution in [1.82, 2.24) is 0 Å². The van der Waals surface area contributed by atoms with Crippen molar-refractivity contribution in [3.05, 3.63) is 0 Å². The fourth-order valence-electron chi connectivity index (χ4n) is 1.55. The van der Waals surface area contributed by atoms with Crippen LogP contribution in [0.5, 0.6) is 0 Å². The number of hydrogen-bond donors (Lipinski definition) is 0. The number of carbonyl (C=O) groups excluding carboxylic acids is 1. The zero-order valence-corrected chi connectivity index (χ0v) is 10.7. The van der Waals surface area contributed by atoms with Gasteiger partial charge in [0.25, 0.3) is 0 Å². The third kappa shape index (κ3) is 8.61. The SMILES string of the molecule is CCCCCC(CCCC)SC(C)=O. The van der Waals surface area contributed by atoms with Gasteiger partial charge in [-0.25, -0.2) is 0 Å². The summed E-state index contributed by atoms with van der Waals surface area (Å²) >= 11 is 1.55. The lowest BCUT2D eigenvalue weighted by Crippen LogP contribution is -2.05. The summed E-state index contributed by atoms with van der Waals surface area (Å²) in [6, 6.07) is 0. The monoisotopic (exact) mass is 216 g/mol. The van der Waals surface area contributed by atoms with Crippen molar-refractivity contribution in [3.63, 3.8) is 0 Å². The van der Waals surface area contributed by atoms with Gasteiger partial charge in [0.1, 0.15) is 0 Å². The quantitative estimate of drug-likeness (QED) is 0.559. The molecule has 0 aromatic heterocycles. The highest BCUT2D eigenvalue weighted by Gasteiger charge is 2.10. The zero-order valence-electron chi connectivity index (χ0n) is 9.84. The highest BCUT2D eigenvalue weighted by molar-refractivity contribution is 8.14. The Hall–Kier alpha value is 0.0200. The van der Waals surface area contributed by atoms with Gasteiger partial charge in [-0.05, 0) is 12.8 Å². The Morgan fingerprint density at radius 3 is 2.14 bits per heavy atom. The molecule has 14 heavy (non-hydrogen) atoms. The average Bonchev–Trinajstić information content (AvgIpc) is 2.13. The fraction of sp³-hybridized carbons (Fsp3) is 0.917. The van der Waals surface area contributed by atoms with Crippen LogP contribution in [0.1, 0.15) is 65.7 Å². The molecule has 0 saturated heterocycles. The summed E-state index contributed by atoms with van der Waals surface area (Å²) in [4.78, 5) is 11.0. The van der Waals surface area contributed by atoms with Crippen molar-refractivity contribution in [2.75, 3.05) is 0 Å². The minimum absolute atomic E-state index is 0.280. The summed E-state index contributed by atoms with van der Waals surface area (Å²) in [5.74, 6) is 0. The molecule has 2 heteroatoms. The van der Waals surface area contributed by atoms with E-state index < -0.39 is 0 Å².